The molecule has 0 radical (unpaired) electrons. The molecular formula is C25H33F3N4O4S. The number of rotatable bonds is 5. The molecule has 1 aliphatic heterocycles. The molecule has 2 heterocycles. The first-order valence-electron chi connectivity index (χ1n) is 11.9. The predicted molar refractivity (Wildman–Crippen MR) is 135 cm³/mol. The Morgan fingerprint density at radius 2 is 1.89 bits per heavy atom. The summed E-state index contributed by atoms with van der Waals surface area (Å²) in [6, 6.07) is 2.53. The third-order valence-electron chi connectivity index (χ3n) is 5.75. The number of aromatic nitrogens is 1. The fourth-order valence-corrected chi connectivity index (χ4v) is 4.77. The predicted octanol–water partition coefficient (Wildman–Crippen LogP) is 5.89. The zero-order valence-corrected chi connectivity index (χ0v) is 22.6. The second-order valence-corrected chi connectivity index (χ2v) is 12.0. The number of nitrogens with zero attached hydrogens (tertiary/aromatic N) is 3. The van der Waals surface area contributed by atoms with Gasteiger partial charge in [0.15, 0.2) is 4.80 Å². The fraction of sp³-hybridized carbons (Fsp3) is 0.560. The lowest BCUT2D eigenvalue weighted by Crippen LogP contribution is -2.48. The Morgan fingerprint density at radius 3 is 2.41 bits per heavy atom. The average Bonchev–Trinajstić information content (AvgIpc) is 3.40. The zero-order valence-electron chi connectivity index (χ0n) is 21.8. The molecule has 1 aliphatic rings. The van der Waals surface area contributed by atoms with Crippen molar-refractivity contribution >= 4 is 29.0 Å². The van der Waals surface area contributed by atoms with Gasteiger partial charge >= 0.3 is 12.3 Å². The molecule has 1 atom stereocenters. The quantitative estimate of drug-likeness (QED) is 0.459. The Hall–Kier alpha value is -2.86. The van der Waals surface area contributed by atoms with Gasteiger partial charge in [-0.2, -0.15) is 18.2 Å². The minimum atomic E-state index is -4.70. The molecule has 1 saturated heterocycles. The van der Waals surface area contributed by atoms with Crippen molar-refractivity contribution < 1.29 is 32.6 Å². The minimum Gasteiger partial charge on any atom is -0.464 e. The summed E-state index contributed by atoms with van der Waals surface area (Å²) in [4.78, 5) is 30.7. The van der Waals surface area contributed by atoms with E-state index in [0.29, 0.717) is 24.0 Å². The summed E-state index contributed by atoms with van der Waals surface area (Å²) in [6.07, 6.45) is -2.41. The molecular weight excluding hydrogens is 509 g/mol. The summed E-state index contributed by atoms with van der Waals surface area (Å²) in [5.74, 6) is -0.920. The van der Waals surface area contributed by atoms with Crippen LogP contribution >= 0.6 is 11.3 Å². The molecule has 12 heteroatoms. The van der Waals surface area contributed by atoms with Crippen LogP contribution < -0.4 is 10.2 Å². The highest BCUT2D eigenvalue weighted by molar-refractivity contribution is 7.09. The van der Waals surface area contributed by atoms with E-state index in [-0.39, 0.29) is 22.8 Å². The molecule has 2 N–H and O–H groups in total. The van der Waals surface area contributed by atoms with Gasteiger partial charge in [0.2, 0.25) is 0 Å². The van der Waals surface area contributed by atoms with Crippen LogP contribution in [-0.2, 0) is 22.9 Å². The molecule has 0 unspecified atom stereocenters. The maximum absolute atomic E-state index is 13.5. The normalized spacial score (nSPS) is 17.2. The van der Waals surface area contributed by atoms with Crippen molar-refractivity contribution in [1.29, 1.82) is 0 Å². The highest BCUT2D eigenvalue weighted by Crippen LogP contribution is 2.33. The lowest BCUT2D eigenvalue weighted by molar-refractivity contribution is -0.137. The van der Waals surface area contributed by atoms with Gasteiger partial charge in [0.05, 0.1) is 35.0 Å². The van der Waals surface area contributed by atoms with Crippen molar-refractivity contribution in [3.8, 4) is 0 Å². The van der Waals surface area contributed by atoms with Crippen molar-refractivity contribution in [2.24, 2.45) is 4.99 Å². The van der Waals surface area contributed by atoms with Gasteiger partial charge in [-0.05, 0) is 57.2 Å². The van der Waals surface area contributed by atoms with E-state index in [1.165, 1.54) is 11.3 Å². The van der Waals surface area contributed by atoms with E-state index in [4.69, 9.17) is 4.74 Å². The van der Waals surface area contributed by atoms with Crippen molar-refractivity contribution in [1.82, 2.24) is 9.58 Å². The third-order valence-corrected chi connectivity index (χ3v) is 7.20. The van der Waals surface area contributed by atoms with Crippen molar-refractivity contribution in [3.63, 3.8) is 0 Å². The van der Waals surface area contributed by atoms with Gasteiger partial charge in [-0.15, -0.1) is 11.3 Å². The van der Waals surface area contributed by atoms with E-state index in [2.05, 4.69) is 10.4 Å². The Morgan fingerprint density at radius 1 is 1.22 bits per heavy atom. The first kappa shape index (κ1) is 28.7. The molecule has 3 rings (SSSR count). The van der Waals surface area contributed by atoms with Crippen LogP contribution in [0.2, 0.25) is 0 Å². The van der Waals surface area contributed by atoms with E-state index in [0.717, 1.165) is 34.9 Å². The maximum Gasteiger partial charge on any atom is 0.426 e. The van der Waals surface area contributed by atoms with Gasteiger partial charge in [0.1, 0.15) is 0 Å². The first-order chi connectivity index (χ1) is 17.0. The van der Waals surface area contributed by atoms with Gasteiger partial charge in [0.25, 0.3) is 5.91 Å². The molecule has 0 spiro atoms. The molecule has 1 aromatic heterocycles. The molecule has 8 nitrogen and oxygen atoms in total. The largest absolute Gasteiger partial charge is 0.464 e. The number of carboxylic acid groups (broad SMARTS) is 1. The Balaban J connectivity index is 2.12. The number of benzene rings is 1. The fourth-order valence-electron chi connectivity index (χ4n) is 3.72. The highest BCUT2D eigenvalue weighted by atomic mass is 32.1. The number of anilines is 1. The van der Waals surface area contributed by atoms with E-state index in [9.17, 15) is 27.9 Å². The number of amides is 2. The molecule has 1 fully saturated rings. The monoisotopic (exact) mass is 542 g/mol. The highest BCUT2D eigenvalue weighted by Gasteiger charge is 2.33. The van der Waals surface area contributed by atoms with E-state index >= 15 is 0 Å². The number of carbonyl (C=O) groups is 2. The number of hydrogen-bond donors (Lipinski definition) is 2. The summed E-state index contributed by atoms with van der Waals surface area (Å²) in [7, 11) is 0. The third kappa shape index (κ3) is 7.13. The lowest BCUT2D eigenvalue weighted by Gasteiger charge is -2.34. The first-order valence-corrected chi connectivity index (χ1v) is 12.7. The van der Waals surface area contributed by atoms with Crippen LogP contribution in [0.1, 0.15) is 75.2 Å². The summed E-state index contributed by atoms with van der Waals surface area (Å²) in [6.45, 7) is 12.0. The van der Waals surface area contributed by atoms with Crippen LogP contribution in [0, 0.1) is 0 Å². The molecule has 2 amide bonds. The molecule has 2 aromatic rings. The molecule has 204 valence electrons. The zero-order chi connectivity index (χ0) is 27.8. The standard InChI is InChI=1S/C25H33F3N4O4S/c1-23(2,3)19-14-31(13-16-8-7-11-36-16)21(37-19)29-20(33)17-12-15(25(26,27)28)9-10-18(17)30-32(22(34)35)24(4,5)6/h9-10,12,14,16,30H,7-8,11,13H2,1-6H3,(H,34,35)/b29-21-/t16-/m1/s1. The van der Waals surface area contributed by atoms with Gasteiger partial charge in [0, 0.05) is 17.7 Å². The molecule has 37 heavy (non-hydrogen) atoms. The number of carbonyl (C=O) groups excluding carboxylic acids is 1. The van der Waals surface area contributed by atoms with E-state index in [1.54, 1.807) is 25.3 Å². The van der Waals surface area contributed by atoms with Crippen molar-refractivity contribution in [2.45, 2.75) is 84.2 Å². The number of hydrogen-bond acceptors (Lipinski definition) is 5. The smallest absolute Gasteiger partial charge is 0.426 e. The minimum absolute atomic E-state index is 0.0434. The molecule has 0 saturated carbocycles. The number of thiazole rings is 1. The molecule has 0 aliphatic carbocycles. The molecule has 0 bridgehead atoms. The lowest BCUT2D eigenvalue weighted by atomic mass is 9.95. The molecule has 1 aromatic carbocycles. The summed E-state index contributed by atoms with van der Waals surface area (Å²) in [5, 5.41) is 10.5. The summed E-state index contributed by atoms with van der Waals surface area (Å²) < 4.78 is 48.1. The van der Waals surface area contributed by atoms with Gasteiger partial charge in [-0.25, -0.2) is 9.80 Å². The second kappa shape index (κ2) is 10.5. The number of nitrogens with one attached hydrogen (secondary N) is 1. The SMILES string of the molecule is CC(C)(C)c1cn(C[C@H]2CCCO2)/c(=N/C(=O)c2cc(C(F)(F)F)ccc2NN(C(=O)O)C(C)(C)C)s1. The van der Waals surface area contributed by atoms with Crippen LogP contribution in [0.25, 0.3) is 0 Å². The number of hydrazine groups is 1. The van der Waals surface area contributed by atoms with E-state index in [1.807, 2.05) is 27.0 Å². The van der Waals surface area contributed by atoms with Crippen molar-refractivity contribution in [2.75, 3.05) is 12.0 Å². The topological polar surface area (TPSA) is 96.2 Å². The van der Waals surface area contributed by atoms with Crippen LogP contribution in [-0.4, -0.2) is 44.9 Å². The van der Waals surface area contributed by atoms with Gasteiger partial charge in [-0.3, -0.25) is 10.2 Å². The Bertz CT molecular complexity index is 1220. The summed E-state index contributed by atoms with van der Waals surface area (Å²) >= 11 is 1.28. The van der Waals surface area contributed by atoms with Crippen LogP contribution in [0.3, 0.4) is 0 Å². The van der Waals surface area contributed by atoms with E-state index < -0.39 is 29.3 Å². The van der Waals surface area contributed by atoms with Crippen LogP contribution in [0.15, 0.2) is 29.4 Å². The number of alkyl halides is 3. The van der Waals surface area contributed by atoms with Crippen LogP contribution in [0.4, 0.5) is 23.7 Å². The van der Waals surface area contributed by atoms with Gasteiger partial charge < -0.3 is 14.4 Å². The summed E-state index contributed by atoms with van der Waals surface area (Å²) in [5.41, 5.74) is -0.122. The average molecular weight is 543 g/mol. The number of halogens is 3. The van der Waals surface area contributed by atoms with Gasteiger partial charge in [-0.1, -0.05) is 20.8 Å². The number of ether oxygens (including phenoxy) is 1. The van der Waals surface area contributed by atoms with Crippen LogP contribution in [0.5, 0.6) is 0 Å². The van der Waals surface area contributed by atoms with Crippen molar-refractivity contribution in [3.05, 3.63) is 45.2 Å². The second-order valence-electron chi connectivity index (χ2n) is 11.0. The Kier molecular flexibility index (Phi) is 8.13. The Labute approximate surface area is 217 Å². The maximum atomic E-state index is 13.5.